The van der Waals surface area contributed by atoms with Gasteiger partial charge in [-0.05, 0) is 42.5 Å². The molecule has 1 aromatic carbocycles. The van der Waals surface area contributed by atoms with Gasteiger partial charge < -0.3 is 0 Å². The molecule has 1 heterocycles. The van der Waals surface area contributed by atoms with Crippen LogP contribution in [-0.4, -0.2) is 22.6 Å². The highest BCUT2D eigenvalue weighted by molar-refractivity contribution is 8.18. The molecule has 2 rings (SSSR count). The van der Waals surface area contributed by atoms with E-state index >= 15 is 0 Å². The molecule has 0 saturated carbocycles. The van der Waals surface area contributed by atoms with Gasteiger partial charge in [-0.25, -0.2) is 0 Å². The first-order valence-electron chi connectivity index (χ1n) is 5.75. The molecule has 0 N–H and O–H groups in total. The number of carbonyl (C=O) groups excluding carboxylic acids is 2. The zero-order chi connectivity index (χ0) is 14.9. The van der Waals surface area contributed by atoms with Crippen molar-refractivity contribution in [1.29, 1.82) is 0 Å². The van der Waals surface area contributed by atoms with Crippen molar-refractivity contribution in [3.05, 3.63) is 40.3 Å². The van der Waals surface area contributed by atoms with E-state index in [9.17, 15) is 22.8 Å². The predicted molar refractivity (Wildman–Crippen MR) is 69.8 cm³/mol. The minimum atomic E-state index is -4.44. The molecule has 1 aliphatic rings. The van der Waals surface area contributed by atoms with Gasteiger partial charge in [0.15, 0.2) is 0 Å². The Hall–Kier alpha value is -1.76. The van der Waals surface area contributed by atoms with E-state index in [0.29, 0.717) is 0 Å². The van der Waals surface area contributed by atoms with Gasteiger partial charge in [-0.2, -0.15) is 13.2 Å². The van der Waals surface area contributed by atoms with Gasteiger partial charge in [0, 0.05) is 6.54 Å². The summed E-state index contributed by atoms with van der Waals surface area (Å²) in [5.41, 5.74) is -0.553. The molecule has 0 aromatic heterocycles. The lowest BCUT2D eigenvalue weighted by Gasteiger charge is -2.08. The molecule has 0 radical (unpaired) electrons. The van der Waals surface area contributed by atoms with Crippen LogP contribution in [0.1, 0.15) is 18.1 Å². The number of rotatable bonds is 2. The summed E-state index contributed by atoms with van der Waals surface area (Å²) in [7, 11) is 0. The highest BCUT2D eigenvalue weighted by Crippen LogP contribution is 2.33. The van der Waals surface area contributed by atoms with Crippen LogP contribution in [0.5, 0.6) is 0 Å². The molecule has 0 aliphatic carbocycles. The fourth-order valence-electron chi connectivity index (χ4n) is 1.73. The largest absolute Gasteiger partial charge is 0.416 e. The summed E-state index contributed by atoms with van der Waals surface area (Å²) in [6.07, 6.45) is -3.14. The Kier molecular flexibility index (Phi) is 3.89. The van der Waals surface area contributed by atoms with Crippen molar-refractivity contribution >= 4 is 29.0 Å². The minimum Gasteiger partial charge on any atom is -0.269 e. The second kappa shape index (κ2) is 5.32. The van der Waals surface area contributed by atoms with Gasteiger partial charge in [-0.3, -0.25) is 14.5 Å². The predicted octanol–water partition coefficient (Wildman–Crippen LogP) is 3.76. The number of halogens is 3. The van der Waals surface area contributed by atoms with Gasteiger partial charge in [0.1, 0.15) is 0 Å². The summed E-state index contributed by atoms with van der Waals surface area (Å²) in [5.74, 6) is -0.472. The lowest BCUT2D eigenvalue weighted by molar-refractivity contribution is -0.137. The second-order valence-electron chi connectivity index (χ2n) is 4.05. The van der Waals surface area contributed by atoms with Crippen LogP contribution in [-0.2, 0) is 11.0 Å². The standard InChI is InChI=1S/C13H10F3NO2S/c1-2-17-11(18)10(20-12(17)19)7-8-4-3-5-9(6-8)13(14,15)16/h3-7H,2H2,1H3/b10-7+. The summed E-state index contributed by atoms with van der Waals surface area (Å²) in [4.78, 5) is 24.5. The van der Waals surface area contributed by atoms with Gasteiger partial charge in [-0.15, -0.1) is 0 Å². The van der Waals surface area contributed by atoms with E-state index in [-0.39, 0.29) is 17.0 Å². The number of nitrogens with zero attached hydrogens (tertiary/aromatic N) is 1. The third-order valence-corrected chi connectivity index (χ3v) is 3.61. The number of amides is 2. The van der Waals surface area contributed by atoms with Crippen LogP contribution in [0.2, 0.25) is 0 Å². The zero-order valence-electron chi connectivity index (χ0n) is 10.4. The Balaban J connectivity index is 2.33. The van der Waals surface area contributed by atoms with E-state index in [2.05, 4.69) is 0 Å². The van der Waals surface area contributed by atoms with Gasteiger partial charge in [0.05, 0.1) is 10.5 Å². The molecule has 1 aromatic rings. The van der Waals surface area contributed by atoms with E-state index in [1.807, 2.05) is 0 Å². The van der Waals surface area contributed by atoms with E-state index < -0.39 is 22.9 Å². The fourth-order valence-corrected chi connectivity index (χ4v) is 2.63. The number of carbonyl (C=O) groups is 2. The Bertz CT molecular complexity index is 596. The molecule has 0 bridgehead atoms. The zero-order valence-corrected chi connectivity index (χ0v) is 11.2. The van der Waals surface area contributed by atoms with Crippen LogP contribution in [0.15, 0.2) is 29.2 Å². The van der Waals surface area contributed by atoms with E-state index in [1.165, 1.54) is 18.2 Å². The number of likely N-dealkylation sites (N-methyl/N-ethyl adjacent to an activating group) is 1. The smallest absolute Gasteiger partial charge is 0.269 e. The fraction of sp³-hybridized carbons (Fsp3) is 0.231. The average molecular weight is 301 g/mol. The second-order valence-corrected chi connectivity index (χ2v) is 5.04. The van der Waals surface area contributed by atoms with Crippen molar-refractivity contribution in [3.8, 4) is 0 Å². The van der Waals surface area contributed by atoms with Crippen LogP contribution in [0, 0.1) is 0 Å². The Morgan fingerprint density at radius 2 is 2.00 bits per heavy atom. The molecule has 1 fully saturated rings. The molecular weight excluding hydrogens is 291 g/mol. The number of alkyl halides is 3. The maximum Gasteiger partial charge on any atom is 0.416 e. The molecule has 1 saturated heterocycles. The van der Waals surface area contributed by atoms with Crippen LogP contribution in [0.25, 0.3) is 6.08 Å². The number of hydrogen-bond acceptors (Lipinski definition) is 3. The quantitative estimate of drug-likeness (QED) is 0.781. The molecule has 3 nitrogen and oxygen atoms in total. The van der Waals surface area contributed by atoms with Crippen LogP contribution in [0.3, 0.4) is 0 Å². The van der Waals surface area contributed by atoms with Crippen molar-refractivity contribution in [2.24, 2.45) is 0 Å². The Morgan fingerprint density at radius 1 is 1.30 bits per heavy atom. The van der Waals surface area contributed by atoms with E-state index in [1.54, 1.807) is 6.92 Å². The molecular formula is C13H10F3NO2S. The van der Waals surface area contributed by atoms with Crippen LogP contribution < -0.4 is 0 Å². The maximum absolute atomic E-state index is 12.6. The lowest BCUT2D eigenvalue weighted by Crippen LogP contribution is -2.27. The van der Waals surface area contributed by atoms with E-state index in [4.69, 9.17) is 0 Å². The molecule has 0 atom stereocenters. The lowest BCUT2D eigenvalue weighted by atomic mass is 10.1. The summed E-state index contributed by atoms with van der Waals surface area (Å²) >= 11 is 0.732. The van der Waals surface area contributed by atoms with Gasteiger partial charge >= 0.3 is 6.18 Å². The van der Waals surface area contributed by atoms with Crippen molar-refractivity contribution in [2.45, 2.75) is 13.1 Å². The highest BCUT2D eigenvalue weighted by atomic mass is 32.2. The first-order chi connectivity index (χ1) is 9.32. The monoisotopic (exact) mass is 301 g/mol. The normalized spacial score (nSPS) is 18.2. The molecule has 20 heavy (non-hydrogen) atoms. The minimum absolute atomic E-state index is 0.135. The summed E-state index contributed by atoms with van der Waals surface area (Å²) in [5, 5.41) is -0.407. The van der Waals surface area contributed by atoms with Crippen molar-refractivity contribution in [3.63, 3.8) is 0 Å². The average Bonchev–Trinajstić information content (AvgIpc) is 2.63. The Labute approximate surface area is 117 Å². The highest BCUT2D eigenvalue weighted by Gasteiger charge is 2.34. The van der Waals surface area contributed by atoms with Crippen molar-refractivity contribution in [1.82, 2.24) is 4.90 Å². The number of hydrogen-bond donors (Lipinski definition) is 0. The molecule has 0 unspecified atom stereocenters. The molecule has 0 spiro atoms. The molecule has 2 amide bonds. The third-order valence-electron chi connectivity index (χ3n) is 2.70. The number of imide groups is 1. The van der Waals surface area contributed by atoms with Crippen LogP contribution in [0.4, 0.5) is 18.0 Å². The topological polar surface area (TPSA) is 37.4 Å². The van der Waals surface area contributed by atoms with Crippen molar-refractivity contribution in [2.75, 3.05) is 6.54 Å². The molecule has 106 valence electrons. The first kappa shape index (κ1) is 14.6. The summed E-state index contributed by atoms with van der Waals surface area (Å²) in [6, 6.07) is 4.61. The van der Waals surface area contributed by atoms with E-state index in [0.717, 1.165) is 28.8 Å². The van der Waals surface area contributed by atoms with Crippen molar-refractivity contribution < 1.29 is 22.8 Å². The summed E-state index contributed by atoms with van der Waals surface area (Å²) < 4.78 is 37.7. The van der Waals surface area contributed by atoms with Gasteiger partial charge in [0.2, 0.25) is 0 Å². The van der Waals surface area contributed by atoms with Gasteiger partial charge in [-0.1, -0.05) is 12.1 Å². The number of benzene rings is 1. The first-order valence-corrected chi connectivity index (χ1v) is 6.57. The Morgan fingerprint density at radius 3 is 2.55 bits per heavy atom. The summed E-state index contributed by atoms with van der Waals surface area (Å²) in [6.45, 7) is 1.90. The van der Waals surface area contributed by atoms with Crippen LogP contribution >= 0.6 is 11.8 Å². The SMILES string of the molecule is CCN1C(=O)S/C(=C/c2cccc(C(F)(F)F)c2)C1=O. The molecule has 1 aliphatic heterocycles. The number of thioether (sulfide) groups is 1. The van der Waals surface area contributed by atoms with Gasteiger partial charge in [0.25, 0.3) is 11.1 Å². The maximum atomic E-state index is 12.6. The third kappa shape index (κ3) is 2.87. The molecule has 7 heteroatoms.